The Balaban J connectivity index is 1.63. The van der Waals surface area contributed by atoms with Crippen LogP contribution in [0.4, 0.5) is 0 Å². The lowest BCUT2D eigenvalue weighted by Crippen LogP contribution is -2.41. The van der Waals surface area contributed by atoms with Crippen molar-refractivity contribution in [1.82, 2.24) is 20.8 Å². The lowest BCUT2D eigenvalue weighted by molar-refractivity contribution is 0.0846. The Morgan fingerprint density at radius 3 is 2.64 bits per heavy atom. The van der Waals surface area contributed by atoms with Gasteiger partial charge in [-0.2, -0.15) is 0 Å². The van der Waals surface area contributed by atoms with Crippen LogP contribution in [0.3, 0.4) is 0 Å². The van der Waals surface area contributed by atoms with Gasteiger partial charge in [-0.1, -0.05) is 20.8 Å². The summed E-state index contributed by atoms with van der Waals surface area (Å²) in [5.74, 6) is -0.165. The van der Waals surface area contributed by atoms with Gasteiger partial charge in [-0.05, 0) is 42.2 Å². The lowest BCUT2D eigenvalue weighted by Gasteiger charge is -2.33. The average molecular weight is 358 g/mol. The van der Waals surface area contributed by atoms with Crippen molar-refractivity contribution in [2.24, 2.45) is 11.3 Å². The minimum Gasteiger partial charge on any atom is -0.266 e. The normalized spacial score (nSPS) is 16.8. The van der Waals surface area contributed by atoms with E-state index in [9.17, 15) is 9.59 Å². The topological polar surface area (TPSA) is 84.0 Å². The van der Waals surface area contributed by atoms with Crippen LogP contribution in [0.15, 0.2) is 24.7 Å². The molecule has 0 bridgehead atoms. The molecule has 0 radical (unpaired) electrons. The fraction of sp³-hybridized carbons (Fsp3) is 0.444. The van der Waals surface area contributed by atoms with Crippen LogP contribution in [0, 0.1) is 11.3 Å². The van der Waals surface area contributed by atoms with Gasteiger partial charge in [-0.25, -0.2) is 4.98 Å². The summed E-state index contributed by atoms with van der Waals surface area (Å²) < 4.78 is 0. The molecule has 3 rings (SSSR count). The van der Waals surface area contributed by atoms with Crippen LogP contribution < -0.4 is 10.9 Å². The van der Waals surface area contributed by atoms with Gasteiger partial charge >= 0.3 is 0 Å². The summed E-state index contributed by atoms with van der Waals surface area (Å²) in [4.78, 5) is 33.9. The van der Waals surface area contributed by atoms with E-state index in [0.717, 1.165) is 19.3 Å². The molecule has 1 aliphatic rings. The van der Waals surface area contributed by atoms with E-state index in [4.69, 9.17) is 0 Å². The molecule has 2 aromatic rings. The van der Waals surface area contributed by atoms with Crippen molar-refractivity contribution >= 4 is 23.2 Å². The number of aryl methyl sites for hydroxylation is 1. The van der Waals surface area contributed by atoms with Crippen LogP contribution in [0.5, 0.6) is 0 Å². The van der Waals surface area contributed by atoms with Crippen LogP contribution in [0.25, 0.3) is 0 Å². The molecular formula is C18H22N4O2S. The Morgan fingerprint density at radius 2 is 1.96 bits per heavy atom. The predicted octanol–water partition coefficient (Wildman–Crippen LogP) is 2.76. The third-order valence-corrected chi connectivity index (χ3v) is 5.85. The highest BCUT2D eigenvalue weighted by atomic mass is 32.1. The molecule has 2 amide bonds. The van der Waals surface area contributed by atoms with E-state index < -0.39 is 5.91 Å². The van der Waals surface area contributed by atoms with Gasteiger partial charge in [0.05, 0.1) is 11.1 Å². The molecule has 2 N–H and O–H groups in total. The number of hydrogen-bond acceptors (Lipinski definition) is 5. The van der Waals surface area contributed by atoms with Gasteiger partial charge in [-0.15, -0.1) is 11.3 Å². The molecule has 25 heavy (non-hydrogen) atoms. The van der Waals surface area contributed by atoms with Crippen LogP contribution in [-0.4, -0.2) is 21.8 Å². The largest absolute Gasteiger partial charge is 0.289 e. The van der Waals surface area contributed by atoms with Crippen molar-refractivity contribution in [3.8, 4) is 0 Å². The standard InChI is InChI=1S/C18H22N4O2S/c1-18(2,3)12-4-5-14-11(8-12)9-15(25-14)17(24)22-21-16(23)13-10-19-6-7-20-13/h6-7,9-10,12H,4-5,8H2,1-3H3,(H,21,23)(H,22,24). The number of carbonyl (C=O) groups excluding carboxylic acids is 2. The zero-order valence-electron chi connectivity index (χ0n) is 14.6. The highest BCUT2D eigenvalue weighted by Gasteiger charge is 2.30. The predicted molar refractivity (Wildman–Crippen MR) is 96.3 cm³/mol. The summed E-state index contributed by atoms with van der Waals surface area (Å²) in [7, 11) is 0. The SMILES string of the molecule is CC(C)(C)C1CCc2sc(C(=O)NNC(=O)c3cnccn3)cc2C1. The smallest absolute Gasteiger partial charge is 0.266 e. The second-order valence-electron chi connectivity index (χ2n) is 7.36. The highest BCUT2D eigenvalue weighted by Crippen LogP contribution is 2.39. The zero-order valence-corrected chi connectivity index (χ0v) is 15.4. The van der Waals surface area contributed by atoms with Gasteiger partial charge in [-0.3, -0.25) is 25.4 Å². The molecule has 1 unspecified atom stereocenters. The van der Waals surface area contributed by atoms with Crippen molar-refractivity contribution in [2.45, 2.75) is 40.0 Å². The minimum atomic E-state index is -0.490. The maximum atomic E-state index is 12.3. The molecule has 6 nitrogen and oxygen atoms in total. The molecule has 0 saturated carbocycles. The van der Waals surface area contributed by atoms with Gasteiger partial charge in [0.15, 0.2) is 0 Å². The molecule has 0 spiro atoms. The Kier molecular flexibility index (Phi) is 4.85. The second-order valence-corrected chi connectivity index (χ2v) is 8.50. The van der Waals surface area contributed by atoms with Gasteiger partial charge in [0, 0.05) is 17.3 Å². The maximum Gasteiger partial charge on any atom is 0.289 e. The first-order chi connectivity index (χ1) is 11.8. The molecular weight excluding hydrogens is 336 g/mol. The van der Waals surface area contributed by atoms with Crippen molar-refractivity contribution in [1.29, 1.82) is 0 Å². The highest BCUT2D eigenvalue weighted by molar-refractivity contribution is 7.14. The number of nitrogens with zero attached hydrogens (tertiary/aromatic N) is 2. The Labute approximate surface area is 151 Å². The van der Waals surface area contributed by atoms with E-state index >= 15 is 0 Å². The van der Waals surface area contributed by atoms with Gasteiger partial charge in [0.1, 0.15) is 5.69 Å². The Morgan fingerprint density at radius 1 is 1.20 bits per heavy atom. The number of thiophene rings is 1. The zero-order chi connectivity index (χ0) is 18.0. The summed E-state index contributed by atoms with van der Waals surface area (Å²) in [6.07, 6.45) is 7.43. The maximum absolute atomic E-state index is 12.3. The van der Waals surface area contributed by atoms with Crippen LogP contribution >= 0.6 is 11.3 Å². The molecule has 7 heteroatoms. The van der Waals surface area contributed by atoms with Crippen molar-refractivity contribution in [3.05, 3.63) is 45.7 Å². The molecule has 1 aliphatic carbocycles. The molecule has 0 aliphatic heterocycles. The third kappa shape index (κ3) is 4.04. The van der Waals surface area contributed by atoms with Crippen LogP contribution in [-0.2, 0) is 12.8 Å². The number of rotatable bonds is 2. The Bertz CT molecular complexity index is 780. The van der Waals surface area contributed by atoms with Gasteiger partial charge in [0.25, 0.3) is 11.8 Å². The average Bonchev–Trinajstić information content (AvgIpc) is 3.02. The quantitative estimate of drug-likeness (QED) is 0.809. The van der Waals surface area contributed by atoms with Crippen molar-refractivity contribution < 1.29 is 9.59 Å². The van der Waals surface area contributed by atoms with E-state index in [1.165, 1.54) is 40.4 Å². The van der Waals surface area contributed by atoms with E-state index in [0.29, 0.717) is 10.8 Å². The molecule has 1 atom stereocenters. The summed E-state index contributed by atoms with van der Waals surface area (Å²) in [6, 6.07) is 1.96. The first-order valence-electron chi connectivity index (χ1n) is 8.33. The summed E-state index contributed by atoms with van der Waals surface area (Å²) in [6.45, 7) is 6.81. The Hall–Kier alpha value is -2.28. The number of aromatic nitrogens is 2. The number of amides is 2. The van der Waals surface area contributed by atoms with E-state index in [1.807, 2.05) is 6.07 Å². The number of fused-ring (bicyclic) bond motifs is 1. The van der Waals surface area contributed by atoms with Crippen molar-refractivity contribution in [3.63, 3.8) is 0 Å². The minimum absolute atomic E-state index is 0.154. The van der Waals surface area contributed by atoms with E-state index in [-0.39, 0.29) is 17.0 Å². The summed E-state index contributed by atoms with van der Waals surface area (Å²) in [5, 5.41) is 0. The first-order valence-corrected chi connectivity index (χ1v) is 9.14. The third-order valence-electron chi connectivity index (χ3n) is 4.62. The summed E-state index contributed by atoms with van der Waals surface area (Å²) in [5.41, 5.74) is 6.52. The van der Waals surface area contributed by atoms with Crippen LogP contribution in [0.2, 0.25) is 0 Å². The summed E-state index contributed by atoms with van der Waals surface area (Å²) >= 11 is 1.51. The number of hydrazine groups is 1. The van der Waals surface area contributed by atoms with Crippen molar-refractivity contribution in [2.75, 3.05) is 0 Å². The molecule has 0 fully saturated rings. The number of nitrogens with one attached hydrogen (secondary N) is 2. The second kappa shape index (κ2) is 6.92. The fourth-order valence-electron chi connectivity index (χ4n) is 3.03. The number of hydrogen-bond donors (Lipinski definition) is 2. The molecule has 0 saturated heterocycles. The lowest BCUT2D eigenvalue weighted by atomic mass is 9.72. The van der Waals surface area contributed by atoms with Crippen LogP contribution in [0.1, 0.15) is 57.8 Å². The fourth-order valence-corrected chi connectivity index (χ4v) is 4.13. The van der Waals surface area contributed by atoms with E-state index in [2.05, 4.69) is 41.6 Å². The van der Waals surface area contributed by atoms with Gasteiger partial charge < -0.3 is 0 Å². The number of carbonyl (C=O) groups is 2. The van der Waals surface area contributed by atoms with Gasteiger partial charge in [0.2, 0.25) is 0 Å². The molecule has 2 heterocycles. The monoisotopic (exact) mass is 358 g/mol. The molecule has 0 aromatic carbocycles. The molecule has 132 valence electrons. The molecule has 2 aromatic heterocycles. The van der Waals surface area contributed by atoms with E-state index in [1.54, 1.807) is 0 Å². The first kappa shape index (κ1) is 17.5.